The average molecular weight is 263 g/mol. The van der Waals surface area contributed by atoms with Crippen LogP contribution in [0.4, 0.5) is 0 Å². The van der Waals surface area contributed by atoms with Crippen molar-refractivity contribution in [2.45, 2.75) is 0 Å². The topological polar surface area (TPSA) is 0 Å². The van der Waals surface area contributed by atoms with Crippen molar-refractivity contribution < 1.29 is 33.3 Å². The van der Waals surface area contributed by atoms with Gasteiger partial charge in [-0.3, -0.25) is 0 Å². The molecule has 0 heterocycles. The fourth-order valence-electron chi connectivity index (χ4n) is 0. The summed E-state index contributed by atoms with van der Waals surface area (Å²) in [5.74, 6) is 0. The minimum atomic E-state index is 0. The maximum absolute atomic E-state index is 0. The normalized spacial score (nSPS) is 0. The van der Waals surface area contributed by atoms with Crippen LogP contribution < -0.4 is 0 Å². The molecule has 0 bridgehead atoms. The van der Waals surface area contributed by atoms with Gasteiger partial charge >= 0.3 is 0 Å². The molecule has 0 saturated carbocycles. The SMILES string of the molecule is [Al].[Co].[Ni].[Sn]. The van der Waals surface area contributed by atoms with Gasteiger partial charge < -0.3 is 0 Å². The first-order valence-electron chi connectivity index (χ1n) is 0. The van der Waals surface area contributed by atoms with E-state index in [0.29, 0.717) is 0 Å². The molecule has 0 unspecified atom stereocenters. The third-order valence-corrected chi connectivity index (χ3v) is 0. The Morgan fingerprint density at radius 2 is 1.00 bits per heavy atom. The fourth-order valence-corrected chi connectivity index (χ4v) is 0. The molecular formula is AlCoNiSn. The van der Waals surface area contributed by atoms with Gasteiger partial charge in [0.2, 0.25) is 0 Å². The van der Waals surface area contributed by atoms with E-state index in [2.05, 4.69) is 0 Å². The van der Waals surface area contributed by atoms with Gasteiger partial charge in [0.15, 0.2) is 0 Å². The van der Waals surface area contributed by atoms with Gasteiger partial charge in [0.25, 0.3) is 0 Å². The molecule has 0 aliphatic rings. The van der Waals surface area contributed by atoms with Crippen molar-refractivity contribution >= 4 is 41.3 Å². The van der Waals surface area contributed by atoms with Crippen LogP contribution in [-0.2, 0) is 33.3 Å². The van der Waals surface area contributed by atoms with Gasteiger partial charge in [-0.2, -0.15) is 0 Å². The molecule has 0 saturated heterocycles. The Labute approximate surface area is 73.7 Å². The predicted octanol–water partition coefficient (Wildman–Crippen LogP) is -0.767. The summed E-state index contributed by atoms with van der Waals surface area (Å²) in [4.78, 5) is 0. The molecule has 0 N–H and O–H groups in total. The summed E-state index contributed by atoms with van der Waals surface area (Å²) in [5, 5.41) is 0. The quantitative estimate of drug-likeness (QED) is 0.504. The molecule has 0 fully saturated rings. The zero-order valence-electron chi connectivity index (χ0n) is 1.73. The number of hydrogen-bond donors (Lipinski definition) is 0. The Morgan fingerprint density at radius 1 is 1.00 bits per heavy atom. The molecule has 0 atom stereocenters. The third kappa shape index (κ3) is 8.84. The zero-order chi connectivity index (χ0) is 0. The summed E-state index contributed by atoms with van der Waals surface area (Å²) in [7, 11) is 0. The van der Waals surface area contributed by atoms with Crippen LogP contribution in [0, 0.1) is 0 Å². The molecule has 0 spiro atoms. The van der Waals surface area contributed by atoms with Crippen molar-refractivity contribution in [3.05, 3.63) is 0 Å². The third-order valence-electron chi connectivity index (χ3n) is 0. The molecule has 0 aromatic carbocycles. The standard InChI is InChI=1S/Al.Co.Ni.Sn. The number of rotatable bonds is 0. The first-order valence-corrected chi connectivity index (χ1v) is 0. The van der Waals surface area contributed by atoms with E-state index < -0.39 is 0 Å². The Balaban J connectivity index is 0. The largest absolute Gasteiger partial charge is 0 e. The van der Waals surface area contributed by atoms with Crippen molar-refractivity contribution in [2.75, 3.05) is 0 Å². The van der Waals surface area contributed by atoms with Gasteiger partial charge in [-0.15, -0.1) is 0 Å². The van der Waals surface area contributed by atoms with Gasteiger partial charge in [0.1, 0.15) is 0 Å². The smallest absolute Gasteiger partial charge is 0 e. The van der Waals surface area contributed by atoms with Crippen LogP contribution >= 0.6 is 0 Å². The molecule has 0 amide bonds. The zero-order valence-corrected chi connectivity index (χ0v) is 7.76. The van der Waals surface area contributed by atoms with Gasteiger partial charge in [-0.25, -0.2) is 0 Å². The Morgan fingerprint density at radius 3 is 1.00 bits per heavy atom. The summed E-state index contributed by atoms with van der Waals surface area (Å²) in [6.45, 7) is 0. The van der Waals surface area contributed by atoms with Crippen molar-refractivity contribution in [1.82, 2.24) is 0 Å². The van der Waals surface area contributed by atoms with E-state index in [1.807, 2.05) is 0 Å². The van der Waals surface area contributed by atoms with Crippen molar-refractivity contribution in [3.63, 3.8) is 0 Å². The maximum atomic E-state index is 0. The van der Waals surface area contributed by atoms with E-state index in [1.165, 1.54) is 0 Å². The Hall–Kier alpha value is 2.33. The average Bonchev–Trinajstić information content (AvgIpc) is 0. The van der Waals surface area contributed by atoms with Crippen molar-refractivity contribution in [1.29, 1.82) is 0 Å². The van der Waals surface area contributed by atoms with Crippen LogP contribution in [0.15, 0.2) is 0 Å². The summed E-state index contributed by atoms with van der Waals surface area (Å²) in [6, 6.07) is 0. The Bertz CT molecular complexity index is 8.00. The Kier molecular flexibility index (Phi) is 152. The summed E-state index contributed by atoms with van der Waals surface area (Å²) < 4.78 is 0. The molecule has 0 nitrogen and oxygen atoms in total. The molecule has 0 aliphatic heterocycles. The van der Waals surface area contributed by atoms with Crippen LogP contribution in [-0.4, -0.2) is 41.3 Å². The molecule has 26 valence electrons. The summed E-state index contributed by atoms with van der Waals surface area (Å²) in [5.41, 5.74) is 0. The van der Waals surface area contributed by atoms with Crippen LogP contribution in [0.25, 0.3) is 0 Å². The minimum Gasteiger partial charge on any atom is 0 e. The molecular weight excluding hydrogens is 263 g/mol. The van der Waals surface area contributed by atoms with Crippen LogP contribution in [0.3, 0.4) is 0 Å². The second-order valence-electron chi connectivity index (χ2n) is 0. The van der Waals surface area contributed by atoms with Crippen LogP contribution in [0.2, 0.25) is 0 Å². The first kappa shape index (κ1) is 33.1. The van der Waals surface area contributed by atoms with E-state index >= 15 is 0 Å². The van der Waals surface area contributed by atoms with E-state index in [4.69, 9.17) is 0 Å². The summed E-state index contributed by atoms with van der Waals surface area (Å²) in [6.07, 6.45) is 0. The van der Waals surface area contributed by atoms with Crippen LogP contribution in [0.1, 0.15) is 0 Å². The van der Waals surface area contributed by atoms with E-state index in [-0.39, 0.29) is 74.5 Å². The molecule has 0 aliphatic carbocycles. The van der Waals surface area contributed by atoms with E-state index in [0.717, 1.165) is 0 Å². The van der Waals surface area contributed by atoms with Crippen molar-refractivity contribution in [2.24, 2.45) is 0 Å². The molecule has 8 radical (unpaired) electrons. The van der Waals surface area contributed by atoms with Crippen molar-refractivity contribution in [3.8, 4) is 0 Å². The van der Waals surface area contributed by atoms with E-state index in [9.17, 15) is 0 Å². The first-order chi connectivity index (χ1) is 0. The molecule has 4 heteroatoms. The molecule has 4 heavy (non-hydrogen) atoms. The fraction of sp³-hybridized carbons (Fsp3) is 0. The molecule has 0 aromatic heterocycles. The number of hydrogen-bond acceptors (Lipinski definition) is 0. The summed E-state index contributed by atoms with van der Waals surface area (Å²) >= 11 is 0. The van der Waals surface area contributed by atoms with E-state index in [1.54, 1.807) is 0 Å². The second-order valence-corrected chi connectivity index (χ2v) is 0. The van der Waals surface area contributed by atoms with Gasteiger partial charge in [-0.1, -0.05) is 0 Å². The maximum Gasteiger partial charge on any atom is 0 e. The van der Waals surface area contributed by atoms with Gasteiger partial charge in [0, 0.05) is 74.5 Å². The monoisotopic (exact) mass is 264 g/mol. The molecule has 0 rings (SSSR count). The minimum absolute atomic E-state index is 0. The molecule has 0 aromatic rings. The predicted molar refractivity (Wildman–Crippen MR) is 11.5 cm³/mol. The van der Waals surface area contributed by atoms with Crippen LogP contribution in [0.5, 0.6) is 0 Å². The second kappa shape index (κ2) is 18.4. The van der Waals surface area contributed by atoms with Gasteiger partial charge in [0.05, 0.1) is 0 Å². The van der Waals surface area contributed by atoms with Gasteiger partial charge in [-0.05, 0) is 0 Å².